The molecule has 33 heavy (non-hydrogen) atoms. The van der Waals surface area contributed by atoms with Crippen molar-refractivity contribution in [3.63, 3.8) is 0 Å². The lowest BCUT2D eigenvalue weighted by Gasteiger charge is -2.61. The predicted molar refractivity (Wildman–Crippen MR) is 136 cm³/mol. The van der Waals surface area contributed by atoms with Crippen LogP contribution in [-0.4, -0.2) is 48.4 Å². The average molecular weight is 469 g/mol. The minimum Gasteiger partial charge on any atom is -0.342 e. The highest BCUT2D eigenvalue weighted by molar-refractivity contribution is 7.10. The molecule has 6 rings (SSSR count). The summed E-state index contributed by atoms with van der Waals surface area (Å²) in [5, 5.41) is 2.08. The third kappa shape index (κ3) is 3.33. The van der Waals surface area contributed by atoms with Gasteiger partial charge in [-0.15, -0.1) is 11.3 Å². The maximum atomic E-state index is 13.0. The Bertz CT molecular complexity index is 884. The highest BCUT2D eigenvalue weighted by Crippen LogP contribution is 2.69. The minimum absolute atomic E-state index is 0.316. The van der Waals surface area contributed by atoms with Crippen LogP contribution in [-0.2, 0) is 11.2 Å². The summed E-state index contributed by atoms with van der Waals surface area (Å²) in [6.45, 7) is 6.54. The highest BCUT2D eigenvalue weighted by Gasteiger charge is 2.64. The normalized spacial score (nSPS) is 46.8. The second-order valence-corrected chi connectivity index (χ2v) is 14.0. The van der Waals surface area contributed by atoms with Gasteiger partial charge in [-0.25, -0.2) is 0 Å². The Kier molecular flexibility index (Phi) is 5.53. The summed E-state index contributed by atoms with van der Waals surface area (Å²) in [7, 11) is 4.46. The summed E-state index contributed by atoms with van der Waals surface area (Å²) in [5.41, 5.74) is 1.15. The lowest BCUT2D eigenvalue weighted by atomic mass is 9.44. The summed E-state index contributed by atoms with van der Waals surface area (Å²) < 4.78 is 0. The number of carbonyl (C=O) groups is 1. The number of rotatable bonds is 3. The van der Waals surface area contributed by atoms with E-state index in [0.717, 1.165) is 35.6 Å². The van der Waals surface area contributed by atoms with Gasteiger partial charge in [-0.05, 0) is 124 Å². The van der Waals surface area contributed by atoms with Crippen LogP contribution in [0.2, 0.25) is 0 Å². The number of nitrogens with zero attached hydrogens (tertiary/aromatic N) is 2. The first-order chi connectivity index (χ1) is 15.8. The van der Waals surface area contributed by atoms with Crippen molar-refractivity contribution in [1.29, 1.82) is 0 Å². The van der Waals surface area contributed by atoms with Crippen LogP contribution in [0, 0.1) is 40.4 Å². The van der Waals surface area contributed by atoms with Gasteiger partial charge >= 0.3 is 0 Å². The molecule has 1 amide bonds. The first-order valence-electron chi connectivity index (χ1n) is 13.8. The van der Waals surface area contributed by atoms with E-state index in [-0.39, 0.29) is 0 Å². The number of carbonyl (C=O) groups excluding carboxylic acids is 1. The van der Waals surface area contributed by atoms with Crippen molar-refractivity contribution in [1.82, 2.24) is 9.80 Å². The van der Waals surface area contributed by atoms with Crippen molar-refractivity contribution in [2.75, 3.05) is 20.6 Å². The molecule has 3 nitrogen and oxygen atoms in total. The van der Waals surface area contributed by atoms with Crippen molar-refractivity contribution < 1.29 is 4.79 Å². The Morgan fingerprint density at radius 2 is 1.94 bits per heavy atom. The van der Waals surface area contributed by atoms with Crippen LogP contribution in [0.3, 0.4) is 0 Å². The maximum Gasteiger partial charge on any atom is 0.227 e. The van der Waals surface area contributed by atoms with E-state index in [1.165, 1.54) is 69.2 Å². The van der Waals surface area contributed by atoms with Gasteiger partial charge in [-0.3, -0.25) is 4.79 Å². The van der Waals surface area contributed by atoms with Gasteiger partial charge in [0, 0.05) is 30.6 Å². The molecule has 1 spiro atoms. The summed E-state index contributed by atoms with van der Waals surface area (Å²) in [5.74, 6) is 4.97. The summed E-state index contributed by atoms with van der Waals surface area (Å²) in [6, 6.07) is 5.39. The Hall–Kier alpha value is -0.870. The van der Waals surface area contributed by atoms with Gasteiger partial charge in [0.05, 0.1) is 6.42 Å². The monoisotopic (exact) mass is 468 g/mol. The zero-order chi connectivity index (χ0) is 23.0. The van der Waals surface area contributed by atoms with Gasteiger partial charge in [0.25, 0.3) is 0 Å². The molecular weight excluding hydrogens is 424 g/mol. The Labute approximate surface area is 205 Å². The fraction of sp³-hybridized carbons (Fsp3) is 0.828. The van der Waals surface area contributed by atoms with E-state index in [4.69, 9.17) is 0 Å². The molecule has 4 saturated carbocycles. The van der Waals surface area contributed by atoms with Crippen molar-refractivity contribution >= 4 is 17.2 Å². The molecule has 1 saturated heterocycles. The van der Waals surface area contributed by atoms with Crippen LogP contribution >= 0.6 is 11.3 Å². The quantitative estimate of drug-likeness (QED) is 0.536. The van der Waals surface area contributed by atoms with Crippen molar-refractivity contribution in [3.8, 4) is 0 Å². The maximum absolute atomic E-state index is 13.0. The molecule has 0 aromatic carbocycles. The number of amides is 1. The molecule has 9 atom stereocenters. The number of thiophene rings is 1. The largest absolute Gasteiger partial charge is 0.342 e. The summed E-state index contributed by atoms with van der Waals surface area (Å²) >= 11 is 1.71. The molecule has 0 radical (unpaired) electrons. The average Bonchev–Trinajstić information content (AvgIpc) is 3.49. The molecule has 5 aliphatic rings. The molecule has 2 heterocycles. The fourth-order valence-electron chi connectivity index (χ4n) is 10.3. The van der Waals surface area contributed by atoms with Crippen molar-refractivity contribution in [2.45, 2.75) is 90.1 Å². The third-order valence-electron chi connectivity index (χ3n) is 12.1. The predicted octanol–water partition coefficient (Wildman–Crippen LogP) is 6.09. The molecule has 0 bridgehead atoms. The fourth-order valence-corrected chi connectivity index (χ4v) is 11.0. The van der Waals surface area contributed by atoms with Crippen molar-refractivity contribution in [3.05, 3.63) is 22.4 Å². The molecule has 4 aliphatic carbocycles. The topological polar surface area (TPSA) is 23.6 Å². The van der Waals surface area contributed by atoms with Crippen LogP contribution < -0.4 is 0 Å². The zero-order valence-electron chi connectivity index (χ0n) is 21.3. The van der Waals surface area contributed by atoms with Gasteiger partial charge in [0.1, 0.15) is 0 Å². The van der Waals surface area contributed by atoms with Crippen LogP contribution in [0.5, 0.6) is 0 Å². The SMILES string of the molecule is C[C@H]1[C@H]2CC[C@H]3[C@@H]4CCC5C[C@@H](N(C)C(=O)Cc6cccs6)CC[C@]5(C)[C@H]4CC[C@]23CN1C. The first-order valence-corrected chi connectivity index (χ1v) is 14.7. The van der Waals surface area contributed by atoms with E-state index in [2.05, 4.69) is 55.3 Å². The van der Waals surface area contributed by atoms with Crippen LogP contribution in [0.15, 0.2) is 17.5 Å². The van der Waals surface area contributed by atoms with Crippen LogP contribution in [0.1, 0.15) is 76.5 Å². The lowest BCUT2D eigenvalue weighted by Crippen LogP contribution is -2.56. The van der Waals surface area contributed by atoms with Gasteiger partial charge in [0.15, 0.2) is 0 Å². The number of hydrogen-bond donors (Lipinski definition) is 0. The number of likely N-dealkylation sites (N-methyl/N-ethyl adjacent to an activating group) is 1. The van der Waals surface area contributed by atoms with Crippen molar-refractivity contribution in [2.24, 2.45) is 40.4 Å². The summed E-state index contributed by atoms with van der Waals surface area (Å²) in [6.07, 6.45) is 13.2. The Morgan fingerprint density at radius 1 is 1.12 bits per heavy atom. The van der Waals surface area contributed by atoms with E-state index in [1.807, 2.05) is 0 Å². The minimum atomic E-state index is 0.316. The second kappa shape index (κ2) is 8.08. The lowest BCUT2D eigenvalue weighted by molar-refractivity contribution is -0.139. The molecule has 4 heteroatoms. The van der Waals surface area contributed by atoms with Gasteiger partial charge in [-0.2, -0.15) is 0 Å². The molecular formula is C29H44N2OS. The first kappa shape index (κ1) is 22.6. The Balaban J connectivity index is 1.16. The molecule has 1 aliphatic heterocycles. The van der Waals surface area contributed by atoms with Gasteiger partial charge in [-0.1, -0.05) is 13.0 Å². The van der Waals surface area contributed by atoms with E-state index in [1.54, 1.807) is 11.3 Å². The molecule has 1 aromatic heterocycles. The molecule has 1 unspecified atom stereocenters. The number of hydrogen-bond acceptors (Lipinski definition) is 3. The van der Waals surface area contributed by atoms with Gasteiger partial charge in [0.2, 0.25) is 5.91 Å². The van der Waals surface area contributed by atoms with Crippen LogP contribution in [0.25, 0.3) is 0 Å². The van der Waals surface area contributed by atoms with Crippen LogP contribution in [0.4, 0.5) is 0 Å². The highest BCUT2D eigenvalue weighted by atomic mass is 32.1. The number of fused-ring (bicyclic) bond motifs is 4. The molecule has 0 N–H and O–H groups in total. The van der Waals surface area contributed by atoms with Gasteiger partial charge < -0.3 is 9.80 Å². The standard InChI is InChI=1S/C29H44N2OS/c1-19-24-9-10-26-23-8-7-20-16-21(31(4)27(32)17-22-6-5-15-33-22)11-13-28(20,2)25(23)12-14-29(24,26)18-30(19)3/h5-6,15,19-21,23-26H,7-14,16-18H2,1-4H3/t19-,20?,21-,23+,24+,25-,26-,28-,29-/m0/s1. The Morgan fingerprint density at radius 3 is 2.73 bits per heavy atom. The van der Waals surface area contributed by atoms with E-state index < -0.39 is 0 Å². The smallest absolute Gasteiger partial charge is 0.227 e. The molecule has 5 fully saturated rings. The zero-order valence-corrected chi connectivity index (χ0v) is 22.1. The number of likely N-dealkylation sites (tertiary alicyclic amines) is 1. The molecule has 182 valence electrons. The van der Waals surface area contributed by atoms with E-state index >= 15 is 0 Å². The summed E-state index contributed by atoms with van der Waals surface area (Å²) in [4.78, 5) is 19.0. The van der Waals surface area contributed by atoms with E-state index in [9.17, 15) is 4.79 Å². The third-order valence-corrected chi connectivity index (χ3v) is 13.0. The molecule has 1 aromatic rings. The van der Waals surface area contributed by atoms with E-state index in [0.29, 0.717) is 29.2 Å². The second-order valence-electron chi connectivity index (χ2n) is 13.0.